The molecule has 0 spiro atoms. The van der Waals surface area contributed by atoms with Crippen LogP contribution >= 0.6 is 0 Å². The summed E-state index contributed by atoms with van der Waals surface area (Å²) in [5.41, 5.74) is 0. The topological polar surface area (TPSA) is 48.0 Å². The SMILES string of the molecule is COC(=O)CC1CN(CCOCC(C)C)CCO1. The number of methoxy groups -OCH3 is 1. The second-order valence-corrected chi connectivity index (χ2v) is 5.04. The van der Waals surface area contributed by atoms with Crippen LogP contribution in [-0.4, -0.2) is 63.5 Å². The largest absolute Gasteiger partial charge is 0.469 e. The minimum absolute atomic E-state index is 0.0451. The van der Waals surface area contributed by atoms with Crippen molar-refractivity contribution >= 4 is 5.97 Å². The van der Waals surface area contributed by atoms with Crippen LogP contribution in [0.25, 0.3) is 0 Å². The number of carbonyl (C=O) groups excluding carboxylic acids is 1. The van der Waals surface area contributed by atoms with Gasteiger partial charge in [-0.25, -0.2) is 0 Å². The molecule has 0 aromatic rings. The monoisotopic (exact) mass is 259 g/mol. The molecular formula is C13H25NO4. The van der Waals surface area contributed by atoms with E-state index in [0.29, 0.717) is 18.9 Å². The van der Waals surface area contributed by atoms with E-state index in [2.05, 4.69) is 23.5 Å². The van der Waals surface area contributed by atoms with Gasteiger partial charge in [-0.2, -0.15) is 0 Å². The Morgan fingerprint density at radius 1 is 1.50 bits per heavy atom. The second-order valence-electron chi connectivity index (χ2n) is 5.04. The summed E-state index contributed by atoms with van der Waals surface area (Å²) in [5, 5.41) is 0. The molecule has 0 N–H and O–H groups in total. The first-order chi connectivity index (χ1) is 8.61. The summed E-state index contributed by atoms with van der Waals surface area (Å²) in [5.74, 6) is 0.361. The number of hydrogen-bond acceptors (Lipinski definition) is 5. The van der Waals surface area contributed by atoms with Crippen LogP contribution in [0.2, 0.25) is 0 Å². The van der Waals surface area contributed by atoms with E-state index in [1.165, 1.54) is 7.11 Å². The van der Waals surface area contributed by atoms with E-state index >= 15 is 0 Å². The van der Waals surface area contributed by atoms with Crippen molar-refractivity contribution in [2.75, 3.05) is 46.6 Å². The van der Waals surface area contributed by atoms with Gasteiger partial charge in [0.2, 0.25) is 0 Å². The fraction of sp³-hybridized carbons (Fsp3) is 0.923. The van der Waals surface area contributed by atoms with Gasteiger partial charge in [0.05, 0.1) is 32.8 Å². The highest BCUT2D eigenvalue weighted by atomic mass is 16.5. The number of carbonyl (C=O) groups is 1. The van der Waals surface area contributed by atoms with Gasteiger partial charge in [0.15, 0.2) is 0 Å². The summed E-state index contributed by atoms with van der Waals surface area (Å²) < 4.78 is 15.8. The summed E-state index contributed by atoms with van der Waals surface area (Å²) in [7, 11) is 1.41. The van der Waals surface area contributed by atoms with E-state index in [1.54, 1.807) is 0 Å². The molecule has 1 aliphatic rings. The molecule has 1 fully saturated rings. The molecule has 106 valence electrons. The zero-order chi connectivity index (χ0) is 13.4. The average molecular weight is 259 g/mol. The molecule has 0 bridgehead atoms. The first kappa shape index (κ1) is 15.4. The highest BCUT2D eigenvalue weighted by Gasteiger charge is 2.22. The Hall–Kier alpha value is -0.650. The Bertz CT molecular complexity index is 245. The zero-order valence-electron chi connectivity index (χ0n) is 11.7. The van der Waals surface area contributed by atoms with Crippen LogP contribution < -0.4 is 0 Å². The molecule has 5 heteroatoms. The maximum Gasteiger partial charge on any atom is 0.308 e. The Balaban J connectivity index is 2.16. The van der Waals surface area contributed by atoms with E-state index < -0.39 is 0 Å². The van der Waals surface area contributed by atoms with E-state index in [-0.39, 0.29) is 12.1 Å². The van der Waals surface area contributed by atoms with Crippen LogP contribution in [-0.2, 0) is 19.0 Å². The summed E-state index contributed by atoms with van der Waals surface area (Å²) in [4.78, 5) is 13.5. The van der Waals surface area contributed by atoms with Gasteiger partial charge in [-0.3, -0.25) is 9.69 Å². The van der Waals surface area contributed by atoms with Crippen molar-refractivity contribution in [3.63, 3.8) is 0 Å². The third kappa shape index (κ3) is 6.33. The maximum absolute atomic E-state index is 11.2. The number of nitrogens with zero attached hydrogens (tertiary/aromatic N) is 1. The van der Waals surface area contributed by atoms with Gasteiger partial charge in [0, 0.05) is 26.2 Å². The van der Waals surface area contributed by atoms with Crippen molar-refractivity contribution in [1.29, 1.82) is 0 Å². The van der Waals surface area contributed by atoms with Gasteiger partial charge in [-0.1, -0.05) is 13.8 Å². The van der Waals surface area contributed by atoms with Gasteiger partial charge >= 0.3 is 5.97 Å². The summed E-state index contributed by atoms with van der Waals surface area (Å²) in [6, 6.07) is 0. The molecule has 0 radical (unpaired) electrons. The molecular weight excluding hydrogens is 234 g/mol. The fourth-order valence-corrected chi connectivity index (χ4v) is 1.89. The van der Waals surface area contributed by atoms with Crippen LogP contribution in [0.4, 0.5) is 0 Å². The first-order valence-corrected chi connectivity index (χ1v) is 6.60. The molecule has 1 aliphatic heterocycles. The maximum atomic E-state index is 11.2. The van der Waals surface area contributed by atoms with Crippen molar-refractivity contribution < 1.29 is 19.0 Å². The molecule has 1 atom stereocenters. The lowest BCUT2D eigenvalue weighted by atomic mass is 10.2. The number of morpholine rings is 1. The van der Waals surface area contributed by atoms with Crippen LogP contribution in [0, 0.1) is 5.92 Å². The molecule has 0 amide bonds. The minimum atomic E-state index is -0.210. The summed E-state index contributed by atoms with van der Waals surface area (Å²) >= 11 is 0. The van der Waals surface area contributed by atoms with Crippen molar-refractivity contribution in [2.24, 2.45) is 5.92 Å². The van der Waals surface area contributed by atoms with Crippen LogP contribution in [0.5, 0.6) is 0 Å². The number of ether oxygens (including phenoxy) is 3. The molecule has 1 saturated heterocycles. The van der Waals surface area contributed by atoms with Gasteiger partial charge in [-0.15, -0.1) is 0 Å². The number of rotatable bonds is 7. The zero-order valence-corrected chi connectivity index (χ0v) is 11.7. The average Bonchev–Trinajstić information content (AvgIpc) is 2.35. The molecule has 0 saturated carbocycles. The lowest BCUT2D eigenvalue weighted by Crippen LogP contribution is -2.44. The molecule has 1 unspecified atom stereocenters. The van der Waals surface area contributed by atoms with Gasteiger partial charge in [-0.05, 0) is 5.92 Å². The Kier molecular flexibility index (Phi) is 7.23. The third-order valence-corrected chi connectivity index (χ3v) is 2.85. The standard InChI is InChI=1S/C13H25NO4/c1-11(2)10-17-6-4-14-5-7-18-12(9-14)8-13(15)16-3/h11-12H,4-10H2,1-3H3. The minimum Gasteiger partial charge on any atom is -0.469 e. The third-order valence-electron chi connectivity index (χ3n) is 2.85. The Morgan fingerprint density at radius 3 is 2.94 bits per heavy atom. The van der Waals surface area contributed by atoms with Crippen LogP contribution in [0.3, 0.4) is 0 Å². The normalized spacial score (nSPS) is 21.2. The summed E-state index contributed by atoms with van der Waals surface area (Å²) in [6.07, 6.45) is 0.288. The predicted molar refractivity (Wildman–Crippen MR) is 68.5 cm³/mol. The molecule has 5 nitrogen and oxygen atoms in total. The lowest BCUT2D eigenvalue weighted by Gasteiger charge is -2.32. The molecule has 0 aromatic heterocycles. The molecule has 1 heterocycles. The highest BCUT2D eigenvalue weighted by Crippen LogP contribution is 2.09. The van der Waals surface area contributed by atoms with Crippen molar-refractivity contribution in [2.45, 2.75) is 26.4 Å². The quantitative estimate of drug-likeness (QED) is 0.503. The Labute approximate surface area is 109 Å². The smallest absolute Gasteiger partial charge is 0.308 e. The number of esters is 1. The lowest BCUT2D eigenvalue weighted by molar-refractivity contribution is -0.145. The molecule has 0 aliphatic carbocycles. The van der Waals surface area contributed by atoms with Gasteiger partial charge < -0.3 is 14.2 Å². The Morgan fingerprint density at radius 2 is 2.28 bits per heavy atom. The second kappa shape index (κ2) is 8.45. The van der Waals surface area contributed by atoms with Crippen molar-refractivity contribution in [3.8, 4) is 0 Å². The fourth-order valence-electron chi connectivity index (χ4n) is 1.89. The first-order valence-electron chi connectivity index (χ1n) is 6.60. The highest BCUT2D eigenvalue weighted by molar-refractivity contribution is 5.69. The van der Waals surface area contributed by atoms with Crippen molar-refractivity contribution in [1.82, 2.24) is 4.90 Å². The number of hydrogen-bond donors (Lipinski definition) is 0. The summed E-state index contributed by atoms with van der Waals surface area (Å²) in [6.45, 7) is 9.07. The van der Waals surface area contributed by atoms with Crippen molar-refractivity contribution in [3.05, 3.63) is 0 Å². The van der Waals surface area contributed by atoms with Gasteiger partial charge in [0.1, 0.15) is 0 Å². The predicted octanol–water partition coefficient (Wildman–Crippen LogP) is 0.923. The van der Waals surface area contributed by atoms with E-state index in [4.69, 9.17) is 9.47 Å². The van der Waals surface area contributed by atoms with Crippen LogP contribution in [0.1, 0.15) is 20.3 Å². The van der Waals surface area contributed by atoms with E-state index in [0.717, 1.165) is 32.8 Å². The molecule has 1 rings (SSSR count). The molecule has 0 aromatic carbocycles. The van der Waals surface area contributed by atoms with E-state index in [9.17, 15) is 4.79 Å². The molecule has 18 heavy (non-hydrogen) atoms. The van der Waals surface area contributed by atoms with Crippen LogP contribution in [0.15, 0.2) is 0 Å². The van der Waals surface area contributed by atoms with Gasteiger partial charge in [0.25, 0.3) is 0 Å². The van der Waals surface area contributed by atoms with E-state index in [1.807, 2.05) is 0 Å².